The molecule has 1 aromatic heterocycles. The normalized spacial score (nSPS) is 24.7. The lowest BCUT2D eigenvalue weighted by atomic mass is 9.98. The number of hydrogen-bond donors (Lipinski definition) is 2. The van der Waals surface area contributed by atoms with Gasteiger partial charge in [0.05, 0.1) is 5.60 Å². The van der Waals surface area contributed by atoms with Crippen LogP contribution < -0.4 is 10.2 Å². The van der Waals surface area contributed by atoms with Gasteiger partial charge in [-0.05, 0) is 63.8 Å². The summed E-state index contributed by atoms with van der Waals surface area (Å²) >= 11 is 0. The number of aromatic nitrogens is 1. The molecule has 2 atom stereocenters. The summed E-state index contributed by atoms with van der Waals surface area (Å²) in [5.74, 6) is 1.04. The molecule has 4 heteroatoms. The van der Waals surface area contributed by atoms with E-state index in [9.17, 15) is 5.11 Å². The Morgan fingerprint density at radius 3 is 3.00 bits per heavy atom. The lowest BCUT2D eigenvalue weighted by Crippen LogP contribution is -2.29. The molecule has 1 aromatic rings. The smallest absolute Gasteiger partial charge is 0.128 e. The Labute approximate surface area is 128 Å². The zero-order valence-corrected chi connectivity index (χ0v) is 13.6. The molecule has 2 heterocycles. The summed E-state index contributed by atoms with van der Waals surface area (Å²) in [7, 11) is 0. The standard InChI is InChI=1S/C17H29N3O/c1-4-9-18-14(2)15-6-10-19-16(13-15)20-11-5-7-17(3,21)8-12-20/h6,10,13-14,18,21H,4-5,7-9,11-12H2,1-3H3. The molecule has 21 heavy (non-hydrogen) atoms. The van der Waals surface area contributed by atoms with Crippen LogP contribution in [0.2, 0.25) is 0 Å². The highest BCUT2D eigenvalue weighted by atomic mass is 16.3. The minimum atomic E-state index is -0.525. The Morgan fingerprint density at radius 1 is 1.43 bits per heavy atom. The van der Waals surface area contributed by atoms with Gasteiger partial charge in [-0.25, -0.2) is 4.98 Å². The summed E-state index contributed by atoms with van der Waals surface area (Å²) < 4.78 is 0. The van der Waals surface area contributed by atoms with Crippen molar-refractivity contribution in [1.82, 2.24) is 10.3 Å². The fourth-order valence-electron chi connectivity index (χ4n) is 2.85. The van der Waals surface area contributed by atoms with Crippen LogP contribution in [0.15, 0.2) is 18.3 Å². The maximum Gasteiger partial charge on any atom is 0.128 e. The van der Waals surface area contributed by atoms with Gasteiger partial charge in [0.15, 0.2) is 0 Å². The van der Waals surface area contributed by atoms with E-state index in [1.165, 1.54) is 5.56 Å². The molecule has 2 N–H and O–H groups in total. The average molecular weight is 291 g/mol. The molecule has 0 amide bonds. The summed E-state index contributed by atoms with van der Waals surface area (Å²) in [4.78, 5) is 6.83. The summed E-state index contributed by atoms with van der Waals surface area (Å²) in [5, 5.41) is 13.7. The summed E-state index contributed by atoms with van der Waals surface area (Å²) in [6, 6.07) is 4.62. The maximum atomic E-state index is 10.2. The first-order valence-electron chi connectivity index (χ1n) is 8.18. The Bertz CT molecular complexity index is 447. The van der Waals surface area contributed by atoms with E-state index >= 15 is 0 Å². The maximum absolute atomic E-state index is 10.2. The molecule has 0 radical (unpaired) electrons. The lowest BCUT2D eigenvalue weighted by molar-refractivity contribution is 0.0481. The molecular formula is C17H29N3O. The second-order valence-electron chi connectivity index (χ2n) is 6.46. The van der Waals surface area contributed by atoms with Gasteiger partial charge < -0.3 is 15.3 Å². The van der Waals surface area contributed by atoms with Crippen molar-refractivity contribution in [3.8, 4) is 0 Å². The Kier molecular flexibility index (Phi) is 5.59. The molecule has 1 aliphatic rings. The van der Waals surface area contributed by atoms with Crippen LogP contribution in [-0.4, -0.2) is 35.3 Å². The summed E-state index contributed by atoms with van der Waals surface area (Å²) in [5.41, 5.74) is 0.756. The van der Waals surface area contributed by atoms with Gasteiger partial charge >= 0.3 is 0 Å². The predicted molar refractivity (Wildman–Crippen MR) is 87.6 cm³/mol. The third-order valence-corrected chi connectivity index (χ3v) is 4.36. The van der Waals surface area contributed by atoms with Gasteiger partial charge in [-0.15, -0.1) is 0 Å². The van der Waals surface area contributed by atoms with E-state index in [1.54, 1.807) is 0 Å². The topological polar surface area (TPSA) is 48.4 Å². The molecule has 4 nitrogen and oxygen atoms in total. The first kappa shape index (κ1) is 16.2. The molecule has 0 spiro atoms. The van der Waals surface area contributed by atoms with Gasteiger partial charge in [0.2, 0.25) is 0 Å². The Morgan fingerprint density at radius 2 is 2.24 bits per heavy atom. The molecule has 1 aliphatic heterocycles. The van der Waals surface area contributed by atoms with Crippen molar-refractivity contribution in [2.24, 2.45) is 0 Å². The number of anilines is 1. The summed E-state index contributed by atoms with van der Waals surface area (Å²) in [6.45, 7) is 9.20. The molecule has 1 fully saturated rings. The van der Waals surface area contributed by atoms with Crippen molar-refractivity contribution < 1.29 is 5.11 Å². The fraction of sp³-hybridized carbons (Fsp3) is 0.706. The van der Waals surface area contributed by atoms with Crippen LogP contribution in [0.1, 0.15) is 58.1 Å². The molecular weight excluding hydrogens is 262 g/mol. The highest BCUT2D eigenvalue weighted by Gasteiger charge is 2.25. The SMILES string of the molecule is CCCNC(C)c1ccnc(N2CCCC(C)(O)CC2)c1. The second-order valence-corrected chi connectivity index (χ2v) is 6.46. The van der Waals surface area contributed by atoms with E-state index in [0.29, 0.717) is 6.04 Å². The third-order valence-electron chi connectivity index (χ3n) is 4.36. The first-order valence-corrected chi connectivity index (χ1v) is 8.18. The van der Waals surface area contributed by atoms with Gasteiger partial charge in [-0.3, -0.25) is 0 Å². The van der Waals surface area contributed by atoms with Crippen molar-refractivity contribution in [2.45, 2.75) is 58.1 Å². The molecule has 118 valence electrons. The number of pyridine rings is 1. The highest BCUT2D eigenvalue weighted by Crippen LogP contribution is 2.25. The number of rotatable bonds is 5. The first-order chi connectivity index (χ1) is 10.0. The van der Waals surface area contributed by atoms with E-state index in [4.69, 9.17) is 0 Å². The predicted octanol–water partition coefficient (Wildman–Crippen LogP) is 2.88. The number of aliphatic hydroxyl groups is 1. The quantitative estimate of drug-likeness (QED) is 0.876. The molecule has 2 rings (SSSR count). The van der Waals surface area contributed by atoms with Crippen LogP contribution in [0.4, 0.5) is 5.82 Å². The highest BCUT2D eigenvalue weighted by molar-refractivity contribution is 5.42. The Balaban J connectivity index is 2.06. The third kappa shape index (κ3) is 4.68. The Hall–Kier alpha value is -1.13. The van der Waals surface area contributed by atoms with Crippen LogP contribution in [0.3, 0.4) is 0 Å². The van der Waals surface area contributed by atoms with E-state index in [2.05, 4.69) is 41.2 Å². The second kappa shape index (κ2) is 7.23. The number of hydrogen-bond acceptors (Lipinski definition) is 4. The largest absolute Gasteiger partial charge is 0.390 e. The minimum absolute atomic E-state index is 0.349. The van der Waals surface area contributed by atoms with Crippen molar-refractivity contribution in [3.63, 3.8) is 0 Å². The monoisotopic (exact) mass is 291 g/mol. The minimum Gasteiger partial charge on any atom is -0.390 e. The van der Waals surface area contributed by atoms with E-state index < -0.39 is 5.60 Å². The van der Waals surface area contributed by atoms with Gasteiger partial charge in [-0.2, -0.15) is 0 Å². The lowest BCUT2D eigenvalue weighted by Gasteiger charge is -2.24. The molecule has 0 aliphatic carbocycles. The zero-order chi connectivity index (χ0) is 15.3. The summed E-state index contributed by atoms with van der Waals surface area (Å²) in [6.07, 6.45) is 5.74. The van der Waals surface area contributed by atoms with E-state index in [0.717, 1.165) is 51.1 Å². The number of nitrogens with one attached hydrogen (secondary N) is 1. The van der Waals surface area contributed by atoms with Gasteiger partial charge in [-0.1, -0.05) is 6.92 Å². The van der Waals surface area contributed by atoms with Crippen molar-refractivity contribution in [2.75, 3.05) is 24.5 Å². The van der Waals surface area contributed by atoms with Gasteiger partial charge in [0.1, 0.15) is 5.82 Å². The molecule has 0 aromatic carbocycles. The van der Waals surface area contributed by atoms with Crippen LogP contribution in [0, 0.1) is 0 Å². The van der Waals surface area contributed by atoms with Crippen LogP contribution in [-0.2, 0) is 0 Å². The van der Waals surface area contributed by atoms with Crippen molar-refractivity contribution in [3.05, 3.63) is 23.9 Å². The average Bonchev–Trinajstić information content (AvgIpc) is 2.65. The molecule has 0 saturated carbocycles. The molecule has 1 saturated heterocycles. The number of nitrogens with zero attached hydrogens (tertiary/aromatic N) is 2. The van der Waals surface area contributed by atoms with E-state index in [1.807, 2.05) is 13.1 Å². The zero-order valence-electron chi connectivity index (χ0n) is 13.6. The van der Waals surface area contributed by atoms with Crippen LogP contribution in [0.25, 0.3) is 0 Å². The molecule has 2 unspecified atom stereocenters. The van der Waals surface area contributed by atoms with Crippen molar-refractivity contribution in [1.29, 1.82) is 0 Å². The van der Waals surface area contributed by atoms with Crippen LogP contribution in [0.5, 0.6) is 0 Å². The van der Waals surface area contributed by atoms with Crippen LogP contribution >= 0.6 is 0 Å². The fourth-order valence-corrected chi connectivity index (χ4v) is 2.85. The van der Waals surface area contributed by atoms with Crippen molar-refractivity contribution >= 4 is 5.82 Å². The van der Waals surface area contributed by atoms with E-state index in [-0.39, 0.29) is 0 Å². The molecule has 0 bridgehead atoms. The van der Waals surface area contributed by atoms with Gasteiger partial charge in [0.25, 0.3) is 0 Å². The van der Waals surface area contributed by atoms with Gasteiger partial charge in [0, 0.05) is 25.3 Å².